The molecule has 1 amide bonds. The van der Waals surface area contributed by atoms with E-state index in [1.807, 2.05) is 48.5 Å². The second-order valence-corrected chi connectivity index (χ2v) is 7.30. The summed E-state index contributed by atoms with van der Waals surface area (Å²) >= 11 is 3.25. The van der Waals surface area contributed by atoms with Crippen LogP contribution in [-0.4, -0.2) is 30.8 Å². The lowest BCUT2D eigenvalue weighted by Crippen LogP contribution is -2.26. The summed E-state index contributed by atoms with van der Waals surface area (Å²) in [6.07, 6.45) is 0.590. The van der Waals surface area contributed by atoms with Gasteiger partial charge in [0.15, 0.2) is 10.4 Å². The zero-order chi connectivity index (χ0) is 20.4. The Kier molecular flexibility index (Phi) is 5.40. The predicted molar refractivity (Wildman–Crippen MR) is 112 cm³/mol. The van der Waals surface area contributed by atoms with Gasteiger partial charge in [0.25, 0.3) is 0 Å². The number of hydrogen-bond donors (Lipinski definition) is 0. The van der Waals surface area contributed by atoms with Gasteiger partial charge in [0.2, 0.25) is 0 Å². The lowest BCUT2D eigenvalue weighted by atomic mass is 9.98. The van der Waals surface area contributed by atoms with Crippen molar-refractivity contribution < 1.29 is 18.7 Å². The van der Waals surface area contributed by atoms with E-state index in [4.69, 9.17) is 13.9 Å². The Morgan fingerprint density at radius 3 is 2.17 bits per heavy atom. The fraction of sp³-hybridized carbons (Fsp3) is 0.182. The normalized spacial score (nSPS) is 15.9. The van der Waals surface area contributed by atoms with Crippen molar-refractivity contribution in [3.8, 4) is 11.5 Å². The first kappa shape index (κ1) is 19.3. The predicted octanol–water partition coefficient (Wildman–Crippen LogP) is 5.05. The highest BCUT2D eigenvalue weighted by atomic mass is 79.9. The molecule has 148 valence electrons. The molecule has 1 aromatic heterocycles. The number of carbonyl (C=O) groups is 1. The summed E-state index contributed by atoms with van der Waals surface area (Å²) in [4.78, 5) is 13.1. The van der Waals surface area contributed by atoms with Crippen LogP contribution in [0.5, 0.6) is 11.5 Å². The number of amides is 1. The number of hydrazone groups is 1. The number of benzene rings is 2. The molecule has 0 radical (unpaired) electrons. The number of furan rings is 1. The molecule has 0 fully saturated rings. The van der Waals surface area contributed by atoms with Crippen molar-refractivity contribution in [1.29, 1.82) is 0 Å². The summed E-state index contributed by atoms with van der Waals surface area (Å²) in [7, 11) is 3.25. The van der Waals surface area contributed by atoms with Gasteiger partial charge in [-0.2, -0.15) is 5.10 Å². The number of carbonyl (C=O) groups excluding carboxylic acids is 1. The quantitative estimate of drug-likeness (QED) is 0.540. The smallest absolute Gasteiger partial charge is 0.310 e. The molecule has 2 aromatic carbocycles. The molecule has 2 heterocycles. The molecular formula is C22H19BrN2O4. The SMILES string of the molecule is COc1ccc(C2=NN(C(=O)c3ccc(Br)o3)[C@H](c3ccc(OC)cc3)C2)cc1. The van der Waals surface area contributed by atoms with Crippen molar-refractivity contribution in [2.45, 2.75) is 12.5 Å². The summed E-state index contributed by atoms with van der Waals surface area (Å²) in [5, 5.41) is 6.15. The molecule has 0 N–H and O–H groups in total. The standard InChI is InChI=1S/C22H19BrN2O4/c1-27-16-7-3-14(4-8-16)18-13-19(15-5-9-17(28-2)10-6-15)25(24-18)22(26)20-11-12-21(23)29-20/h3-12,19H,13H2,1-2H3/t19-/m0/s1. The highest BCUT2D eigenvalue weighted by Crippen LogP contribution is 2.35. The van der Waals surface area contributed by atoms with Crippen LogP contribution in [0.2, 0.25) is 0 Å². The van der Waals surface area contributed by atoms with Crippen molar-refractivity contribution >= 4 is 27.5 Å². The van der Waals surface area contributed by atoms with Crippen molar-refractivity contribution in [3.05, 3.63) is 82.2 Å². The molecule has 4 rings (SSSR count). The fourth-order valence-electron chi connectivity index (χ4n) is 3.28. The van der Waals surface area contributed by atoms with E-state index in [0.29, 0.717) is 11.1 Å². The second kappa shape index (κ2) is 8.13. The molecule has 0 bridgehead atoms. The summed E-state index contributed by atoms with van der Waals surface area (Å²) in [6.45, 7) is 0. The molecule has 0 aliphatic carbocycles. The van der Waals surface area contributed by atoms with E-state index < -0.39 is 0 Å². The van der Waals surface area contributed by atoms with Crippen LogP contribution in [0.3, 0.4) is 0 Å². The molecule has 6 nitrogen and oxygen atoms in total. The van der Waals surface area contributed by atoms with Gasteiger partial charge in [-0.25, -0.2) is 5.01 Å². The van der Waals surface area contributed by atoms with Gasteiger partial charge in [0, 0.05) is 6.42 Å². The molecular weight excluding hydrogens is 436 g/mol. The summed E-state index contributed by atoms with van der Waals surface area (Å²) in [5.41, 5.74) is 2.74. The van der Waals surface area contributed by atoms with E-state index in [9.17, 15) is 4.79 Å². The van der Waals surface area contributed by atoms with Crippen LogP contribution in [0.25, 0.3) is 0 Å². The van der Waals surface area contributed by atoms with Crippen LogP contribution in [-0.2, 0) is 0 Å². The zero-order valence-corrected chi connectivity index (χ0v) is 17.5. The maximum atomic E-state index is 13.1. The van der Waals surface area contributed by atoms with Gasteiger partial charge >= 0.3 is 5.91 Å². The Morgan fingerprint density at radius 1 is 1.00 bits per heavy atom. The molecule has 0 spiro atoms. The van der Waals surface area contributed by atoms with Crippen LogP contribution in [0.4, 0.5) is 0 Å². The van der Waals surface area contributed by atoms with Gasteiger partial charge in [-0.05, 0) is 75.6 Å². The number of rotatable bonds is 5. The summed E-state index contributed by atoms with van der Waals surface area (Å²) in [6, 6.07) is 18.4. The minimum atomic E-state index is -0.292. The third kappa shape index (κ3) is 3.91. The van der Waals surface area contributed by atoms with E-state index in [2.05, 4.69) is 21.0 Å². The number of methoxy groups -OCH3 is 2. The van der Waals surface area contributed by atoms with Crippen LogP contribution in [0.1, 0.15) is 34.1 Å². The van der Waals surface area contributed by atoms with E-state index in [0.717, 1.165) is 28.3 Å². The highest BCUT2D eigenvalue weighted by molar-refractivity contribution is 9.10. The van der Waals surface area contributed by atoms with E-state index in [1.165, 1.54) is 5.01 Å². The van der Waals surface area contributed by atoms with Gasteiger partial charge in [-0.1, -0.05) is 12.1 Å². The zero-order valence-electron chi connectivity index (χ0n) is 16.0. The highest BCUT2D eigenvalue weighted by Gasteiger charge is 2.35. The minimum absolute atomic E-state index is 0.232. The first-order valence-corrected chi connectivity index (χ1v) is 9.83. The van der Waals surface area contributed by atoms with Crippen LogP contribution in [0, 0.1) is 0 Å². The Morgan fingerprint density at radius 2 is 1.62 bits per heavy atom. The maximum absolute atomic E-state index is 13.1. The molecule has 1 aliphatic rings. The van der Waals surface area contributed by atoms with Crippen molar-refractivity contribution in [1.82, 2.24) is 5.01 Å². The third-order valence-corrected chi connectivity index (χ3v) is 5.25. The Labute approximate surface area is 176 Å². The van der Waals surface area contributed by atoms with Gasteiger partial charge in [-0.15, -0.1) is 0 Å². The Bertz CT molecular complexity index is 1040. The second-order valence-electron chi connectivity index (χ2n) is 6.52. The first-order valence-electron chi connectivity index (χ1n) is 9.04. The van der Waals surface area contributed by atoms with Gasteiger partial charge in [-0.3, -0.25) is 4.79 Å². The maximum Gasteiger partial charge on any atom is 0.310 e. The molecule has 0 unspecified atom stereocenters. The molecule has 1 atom stereocenters. The molecule has 29 heavy (non-hydrogen) atoms. The minimum Gasteiger partial charge on any atom is -0.497 e. The largest absolute Gasteiger partial charge is 0.497 e. The lowest BCUT2D eigenvalue weighted by Gasteiger charge is -2.21. The molecule has 0 saturated heterocycles. The Balaban J connectivity index is 1.69. The third-order valence-electron chi connectivity index (χ3n) is 4.83. The monoisotopic (exact) mass is 454 g/mol. The molecule has 7 heteroatoms. The summed E-state index contributed by atoms with van der Waals surface area (Å²) < 4.78 is 16.4. The fourth-order valence-corrected chi connectivity index (χ4v) is 3.59. The van der Waals surface area contributed by atoms with Crippen LogP contribution >= 0.6 is 15.9 Å². The van der Waals surface area contributed by atoms with E-state index in [1.54, 1.807) is 26.4 Å². The Hall–Kier alpha value is -3.06. The lowest BCUT2D eigenvalue weighted by molar-refractivity contribution is 0.0677. The average Bonchev–Trinajstić information content (AvgIpc) is 3.40. The van der Waals surface area contributed by atoms with Gasteiger partial charge in [0.1, 0.15) is 11.5 Å². The number of hydrogen-bond acceptors (Lipinski definition) is 5. The topological polar surface area (TPSA) is 64.3 Å². The van der Waals surface area contributed by atoms with E-state index in [-0.39, 0.29) is 17.7 Å². The van der Waals surface area contributed by atoms with Crippen molar-refractivity contribution in [2.24, 2.45) is 5.10 Å². The molecule has 1 aliphatic heterocycles. The first-order chi connectivity index (χ1) is 14.1. The van der Waals surface area contributed by atoms with Crippen LogP contribution in [0.15, 0.2) is 74.9 Å². The number of halogens is 1. The number of ether oxygens (including phenoxy) is 2. The van der Waals surface area contributed by atoms with Gasteiger partial charge in [0.05, 0.1) is 26.0 Å². The molecule has 0 saturated carbocycles. The van der Waals surface area contributed by atoms with Crippen LogP contribution < -0.4 is 9.47 Å². The summed E-state index contributed by atoms with van der Waals surface area (Å²) in [5.74, 6) is 1.47. The van der Waals surface area contributed by atoms with E-state index >= 15 is 0 Å². The number of nitrogens with zero attached hydrogens (tertiary/aromatic N) is 2. The van der Waals surface area contributed by atoms with Gasteiger partial charge < -0.3 is 13.9 Å². The molecule has 3 aromatic rings. The average molecular weight is 455 g/mol. The van der Waals surface area contributed by atoms with Crippen molar-refractivity contribution in [3.63, 3.8) is 0 Å². The van der Waals surface area contributed by atoms with Crippen molar-refractivity contribution in [2.75, 3.05) is 14.2 Å².